The zero-order valence-electron chi connectivity index (χ0n) is 12.4. The molecule has 0 amide bonds. The molecule has 0 aliphatic rings. The molecule has 0 saturated heterocycles. The van der Waals surface area contributed by atoms with Gasteiger partial charge in [-0.15, -0.1) is 0 Å². The van der Waals surface area contributed by atoms with E-state index in [4.69, 9.17) is 9.47 Å². The smallest absolute Gasteiger partial charge is 0.101 e. The van der Waals surface area contributed by atoms with Gasteiger partial charge in [-0.1, -0.05) is 41.0 Å². The van der Waals surface area contributed by atoms with Crippen LogP contribution in [0, 0.1) is 11.8 Å². The fraction of sp³-hybridized carbons (Fsp3) is 1.00. The topological polar surface area (TPSA) is 21.7 Å². The van der Waals surface area contributed by atoms with Crippen LogP contribution in [0.1, 0.15) is 47.5 Å². The van der Waals surface area contributed by atoms with Crippen molar-refractivity contribution < 1.29 is 9.47 Å². The summed E-state index contributed by atoms with van der Waals surface area (Å²) in [5, 5.41) is 0. The molecule has 0 unspecified atom stereocenters. The van der Waals surface area contributed by atoms with Gasteiger partial charge in [0.15, 0.2) is 0 Å². The van der Waals surface area contributed by atoms with Crippen molar-refractivity contribution in [3.63, 3.8) is 0 Å². The highest BCUT2D eigenvalue weighted by Crippen LogP contribution is 2.00. The summed E-state index contributed by atoms with van der Waals surface area (Å²) in [6.45, 7) is 15.0. The molecule has 0 aromatic carbocycles. The highest BCUT2D eigenvalue weighted by molar-refractivity contribution is 4.49. The monoisotopic (exact) mass is 245 g/mol. The third-order valence-electron chi connectivity index (χ3n) is 2.28. The molecule has 0 saturated carbocycles. The summed E-state index contributed by atoms with van der Waals surface area (Å²) in [5.74, 6) is 1.19. The van der Waals surface area contributed by atoms with Gasteiger partial charge in [0.25, 0.3) is 0 Å². The Balaban J connectivity index is 3.71. The number of hydrogen-bond donors (Lipinski definition) is 0. The predicted molar refractivity (Wildman–Crippen MR) is 72.9 cm³/mol. The number of ether oxygens (including phenoxy) is 2. The Morgan fingerprint density at radius 3 is 1.71 bits per heavy atom. The minimum absolute atomic E-state index is 0.597. The summed E-state index contributed by atoms with van der Waals surface area (Å²) in [5.41, 5.74) is 0. The molecule has 104 valence electrons. The number of unbranched alkanes of at least 4 members (excludes halogenated alkanes) is 1. The highest BCUT2D eigenvalue weighted by Gasteiger charge is 2.05. The van der Waals surface area contributed by atoms with Gasteiger partial charge < -0.3 is 9.47 Å². The predicted octanol–water partition coefficient (Wildman–Crippen LogP) is 3.35. The highest BCUT2D eigenvalue weighted by atomic mass is 16.5. The second-order valence-electron chi connectivity index (χ2n) is 5.54. The Morgan fingerprint density at radius 1 is 0.882 bits per heavy atom. The van der Waals surface area contributed by atoms with Crippen LogP contribution in [0.2, 0.25) is 0 Å². The van der Waals surface area contributed by atoms with Crippen LogP contribution in [-0.4, -0.2) is 38.1 Å². The third-order valence-corrected chi connectivity index (χ3v) is 2.28. The standard InChI is InChI=1S/C14H31NO2/c1-6-7-8-15(11-16-9-13(2)3)12-17-10-14(4)5/h13-14H,6-12H2,1-5H3. The molecule has 17 heavy (non-hydrogen) atoms. The Morgan fingerprint density at radius 2 is 1.35 bits per heavy atom. The molecule has 0 aromatic heterocycles. The summed E-state index contributed by atoms with van der Waals surface area (Å²) in [4.78, 5) is 2.24. The second-order valence-corrected chi connectivity index (χ2v) is 5.54. The van der Waals surface area contributed by atoms with Gasteiger partial charge in [0.1, 0.15) is 13.5 Å². The first-order valence-electron chi connectivity index (χ1n) is 6.94. The van der Waals surface area contributed by atoms with Crippen LogP contribution in [-0.2, 0) is 9.47 Å². The van der Waals surface area contributed by atoms with Crippen molar-refractivity contribution in [1.82, 2.24) is 4.90 Å². The van der Waals surface area contributed by atoms with Crippen molar-refractivity contribution in [1.29, 1.82) is 0 Å². The van der Waals surface area contributed by atoms with Gasteiger partial charge in [0, 0.05) is 6.54 Å². The first-order valence-corrected chi connectivity index (χ1v) is 6.94. The Hall–Kier alpha value is -0.120. The maximum Gasteiger partial charge on any atom is 0.101 e. The molecule has 3 heteroatoms. The van der Waals surface area contributed by atoms with Crippen molar-refractivity contribution in [2.45, 2.75) is 47.5 Å². The molecule has 0 spiro atoms. The second kappa shape index (κ2) is 11.0. The van der Waals surface area contributed by atoms with Gasteiger partial charge in [-0.05, 0) is 18.3 Å². The zero-order chi connectivity index (χ0) is 13.1. The summed E-state index contributed by atoms with van der Waals surface area (Å²) in [6.07, 6.45) is 2.42. The van der Waals surface area contributed by atoms with E-state index in [1.165, 1.54) is 12.8 Å². The normalized spacial score (nSPS) is 12.0. The third kappa shape index (κ3) is 12.1. The molecule has 0 atom stereocenters. The molecule has 0 radical (unpaired) electrons. The molecule has 0 heterocycles. The van der Waals surface area contributed by atoms with Crippen LogP contribution in [0.25, 0.3) is 0 Å². The lowest BCUT2D eigenvalue weighted by atomic mass is 10.2. The minimum atomic E-state index is 0.597. The van der Waals surface area contributed by atoms with Crippen LogP contribution < -0.4 is 0 Å². The SMILES string of the molecule is CCCCN(COCC(C)C)COCC(C)C. The molecular weight excluding hydrogens is 214 g/mol. The van der Waals surface area contributed by atoms with Crippen molar-refractivity contribution in [2.24, 2.45) is 11.8 Å². The molecule has 0 aromatic rings. The number of nitrogens with zero attached hydrogens (tertiary/aromatic N) is 1. The van der Waals surface area contributed by atoms with Crippen LogP contribution in [0.3, 0.4) is 0 Å². The summed E-state index contributed by atoms with van der Waals surface area (Å²) in [7, 11) is 0. The molecule has 0 bridgehead atoms. The van der Waals surface area contributed by atoms with Gasteiger partial charge in [-0.3, -0.25) is 4.90 Å². The van der Waals surface area contributed by atoms with E-state index in [-0.39, 0.29) is 0 Å². The van der Waals surface area contributed by atoms with E-state index in [9.17, 15) is 0 Å². The average Bonchev–Trinajstić information content (AvgIpc) is 2.24. The summed E-state index contributed by atoms with van der Waals surface area (Å²) >= 11 is 0. The quantitative estimate of drug-likeness (QED) is 0.521. The van der Waals surface area contributed by atoms with Gasteiger partial charge in [-0.2, -0.15) is 0 Å². The van der Waals surface area contributed by atoms with E-state index in [2.05, 4.69) is 39.5 Å². The maximum absolute atomic E-state index is 5.66. The van der Waals surface area contributed by atoms with Crippen LogP contribution in [0.15, 0.2) is 0 Å². The molecule has 0 fully saturated rings. The van der Waals surface area contributed by atoms with Gasteiger partial charge >= 0.3 is 0 Å². The van der Waals surface area contributed by atoms with Crippen molar-refractivity contribution >= 4 is 0 Å². The molecule has 0 rings (SSSR count). The van der Waals surface area contributed by atoms with Crippen molar-refractivity contribution in [3.8, 4) is 0 Å². The van der Waals surface area contributed by atoms with E-state index in [1.807, 2.05) is 0 Å². The van der Waals surface area contributed by atoms with E-state index in [0.717, 1.165) is 19.8 Å². The van der Waals surface area contributed by atoms with E-state index in [0.29, 0.717) is 25.3 Å². The maximum atomic E-state index is 5.66. The lowest BCUT2D eigenvalue weighted by Gasteiger charge is -2.22. The van der Waals surface area contributed by atoms with E-state index < -0.39 is 0 Å². The van der Waals surface area contributed by atoms with Crippen LogP contribution in [0.5, 0.6) is 0 Å². The molecule has 3 nitrogen and oxygen atoms in total. The lowest BCUT2D eigenvalue weighted by Crippen LogP contribution is -2.31. The van der Waals surface area contributed by atoms with Crippen molar-refractivity contribution in [3.05, 3.63) is 0 Å². The number of hydrogen-bond acceptors (Lipinski definition) is 3. The van der Waals surface area contributed by atoms with E-state index >= 15 is 0 Å². The van der Waals surface area contributed by atoms with E-state index in [1.54, 1.807) is 0 Å². The Kier molecular flexibility index (Phi) is 10.9. The van der Waals surface area contributed by atoms with Gasteiger partial charge in [0.05, 0.1) is 13.2 Å². The zero-order valence-corrected chi connectivity index (χ0v) is 12.4. The molecule has 0 aliphatic heterocycles. The van der Waals surface area contributed by atoms with Gasteiger partial charge in [-0.25, -0.2) is 0 Å². The first-order chi connectivity index (χ1) is 8.06. The lowest BCUT2D eigenvalue weighted by molar-refractivity contribution is -0.0554. The first kappa shape index (κ1) is 16.9. The number of rotatable bonds is 11. The molecular formula is C14H31NO2. The Labute approximate surface area is 107 Å². The van der Waals surface area contributed by atoms with Crippen molar-refractivity contribution in [2.75, 3.05) is 33.2 Å². The summed E-state index contributed by atoms with van der Waals surface area (Å²) < 4.78 is 11.3. The molecule has 0 aliphatic carbocycles. The average molecular weight is 245 g/mol. The van der Waals surface area contributed by atoms with Crippen LogP contribution in [0.4, 0.5) is 0 Å². The summed E-state index contributed by atoms with van der Waals surface area (Å²) in [6, 6.07) is 0. The van der Waals surface area contributed by atoms with Crippen LogP contribution >= 0.6 is 0 Å². The molecule has 0 N–H and O–H groups in total. The largest absolute Gasteiger partial charge is 0.366 e. The fourth-order valence-corrected chi connectivity index (χ4v) is 1.38. The minimum Gasteiger partial charge on any atom is -0.366 e. The fourth-order valence-electron chi connectivity index (χ4n) is 1.38. The Bertz CT molecular complexity index is 146. The van der Waals surface area contributed by atoms with Gasteiger partial charge in [0.2, 0.25) is 0 Å².